The summed E-state index contributed by atoms with van der Waals surface area (Å²) in [5.74, 6) is -0.0873. The normalized spacial score (nSPS) is 14.4. The summed E-state index contributed by atoms with van der Waals surface area (Å²) < 4.78 is 10.9. The minimum atomic E-state index is -0.123. The van der Waals surface area contributed by atoms with E-state index in [9.17, 15) is 4.79 Å². The molecule has 0 radical (unpaired) electrons. The number of aromatic nitrogens is 1. The second kappa shape index (κ2) is 7.48. The van der Waals surface area contributed by atoms with Crippen LogP contribution in [0.25, 0.3) is 21.2 Å². The first-order chi connectivity index (χ1) is 12.8. The van der Waals surface area contributed by atoms with Crippen molar-refractivity contribution >= 4 is 39.6 Å². The van der Waals surface area contributed by atoms with Crippen molar-refractivity contribution in [3.63, 3.8) is 0 Å². The lowest BCUT2D eigenvalue weighted by Gasteiger charge is -2.12. The minimum absolute atomic E-state index is 0.0352. The highest BCUT2D eigenvalue weighted by Crippen LogP contribution is 2.40. The van der Waals surface area contributed by atoms with Gasteiger partial charge in [-0.1, -0.05) is 31.0 Å². The summed E-state index contributed by atoms with van der Waals surface area (Å²) >= 11 is 2.55. The fourth-order valence-electron chi connectivity index (χ4n) is 3.29. The fourth-order valence-corrected chi connectivity index (χ4v) is 4.90. The Kier molecular flexibility index (Phi) is 4.91. The van der Waals surface area contributed by atoms with Crippen LogP contribution >= 0.6 is 23.6 Å². The molecule has 1 aromatic heterocycles. The monoisotopic (exact) mass is 380 g/mol. The average Bonchev–Trinajstić information content (AvgIpc) is 3.37. The Balaban J connectivity index is 1.67. The molecule has 3 aromatic rings. The molecule has 0 bridgehead atoms. The second-order valence-electron chi connectivity index (χ2n) is 6.34. The summed E-state index contributed by atoms with van der Waals surface area (Å²) in [4.78, 5) is 13.2. The van der Waals surface area contributed by atoms with Gasteiger partial charge < -0.3 is 4.18 Å². The quantitative estimate of drug-likeness (QED) is 0.553. The molecule has 1 aliphatic carbocycles. The summed E-state index contributed by atoms with van der Waals surface area (Å²) in [5, 5.41) is 10.1. The molecule has 4 nitrogen and oxygen atoms in total. The molecule has 0 unspecified atom stereocenters. The summed E-state index contributed by atoms with van der Waals surface area (Å²) in [6.07, 6.45) is 5.90. The van der Waals surface area contributed by atoms with E-state index in [1.54, 1.807) is 12.1 Å². The Labute approximate surface area is 160 Å². The Morgan fingerprint density at radius 1 is 1.19 bits per heavy atom. The Bertz CT molecular complexity index is 983. The highest BCUT2D eigenvalue weighted by atomic mass is 32.2. The van der Waals surface area contributed by atoms with Gasteiger partial charge in [0, 0.05) is 17.1 Å². The van der Waals surface area contributed by atoms with Gasteiger partial charge in [0.15, 0.2) is 0 Å². The molecule has 1 aliphatic rings. The third kappa shape index (κ3) is 3.33. The molecule has 26 heavy (non-hydrogen) atoms. The predicted molar refractivity (Wildman–Crippen MR) is 104 cm³/mol. The highest BCUT2D eigenvalue weighted by molar-refractivity contribution is 7.95. The molecule has 0 spiro atoms. The maximum absolute atomic E-state index is 12.3. The molecule has 0 atom stereocenters. The van der Waals surface area contributed by atoms with Gasteiger partial charge in [-0.3, -0.25) is 4.79 Å². The molecular formula is C20H16N2O2S2. The number of carbonyl (C=O) groups is 1. The molecule has 6 heteroatoms. The average molecular weight is 380 g/mol. The van der Waals surface area contributed by atoms with Crippen molar-refractivity contribution in [2.24, 2.45) is 5.92 Å². The van der Waals surface area contributed by atoms with E-state index < -0.39 is 0 Å². The number of hydrogen-bond donors (Lipinski definition) is 0. The first-order valence-electron chi connectivity index (χ1n) is 8.52. The van der Waals surface area contributed by atoms with Crippen molar-refractivity contribution in [2.75, 3.05) is 0 Å². The number of hydrogen-bond acceptors (Lipinski definition) is 6. The first kappa shape index (κ1) is 17.1. The van der Waals surface area contributed by atoms with Gasteiger partial charge in [0.1, 0.15) is 0 Å². The molecule has 1 saturated carbocycles. The smallest absolute Gasteiger partial charge is 0.321 e. The van der Waals surface area contributed by atoms with Crippen molar-refractivity contribution in [1.29, 1.82) is 5.26 Å². The van der Waals surface area contributed by atoms with Crippen LogP contribution in [0.5, 0.6) is 0 Å². The van der Waals surface area contributed by atoms with Crippen molar-refractivity contribution in [1.82, 2.24) is 4.37 Å². The molecule has 1 heterocycles. The van der Waals surface area contributed by atoms with Crippen LogP contribution in [0.3, 0.4) is 0 Å². The highest BCUT2D eigenvalue weighted by Gasteiger charge is 2.25. The van der Waals surface area contributed by atoms with Crippen LogP contribution in [0, 0.1) is 17.2 Å². The standard InChI is InChI=1S/C20H16N2O2S2/c21-11-13-5-7-14(8-6-13)18-17(10-9-16-12-22-25-19(16)18)26-24-20(23)15-3-1-2-4-15/h5-10,12,15H,1-4H2. The molecule has 0 saturated heterocycles. The molecule has 0 amide bonds. The van der Waals surface area contributed by atoms with Crippen LogP contribution in [0.4, 0.5) is 0 Å². The van der Waals surface area contributed by atoms with E-state index >= 15 is 0 Å². The lowest BCUT2D eigenvalue weighted by atomic mass is 10.0. The fraction of sp³-hybridized carbons (Fsp3) is 0.250. The van der Waals surface area contributed by atoms with Gasteiger partial charge in [0.2, 0.25) is 0 Å². The van der Waals surface area contributed by atoms with Crippen LogP contribution in [-0.2, 0) is 8.98 Å². The molecular weight excluding hydrogens is 364 g/mol. The third-order valence-electron chi connectivity index (χ3n) is 4.69. The van der Waals surface area contributed by atoms with Gasteiger partial charge >= 0.3 is 5.97 Å². The van der Waals surface area contributed by atoms with E-state index in [1.807, 2.05) is 30.5 Å². The van der Waals surface area contributed by atoms with E-state index in [0.717, 1.165) is 63.8 Å². The third-order valence-corrected chi connectivity index (χ3v) is 6.29. The summed E-state index contributed by atoms with van der Waals surface area (Å²) in [7, 11) is 0. The van der Waals surface area contributed by atoms with E-state index in [1.165, 1.54) is 11.5 Å². The number of rotatable bonds is 4. The summed E-state index contributed by atoms with van der Waals surface area (Å²) in [6, 6.07) is 13.6. The van der Waals surface area contributed by atoms with Crippen LogP contribution in [0.1, 0.15) is 31.2 Å². The Morgan fingerprint density at radius 3 is 2.69 bits per heavy atom. The predicted octanol–water partition coefficient (Wildman–Crippen LogP) is 5.58. The Hall–Kier alpha value is -2.36. The lowest BCUT2D eigenvalue weighted by molar-refractivity contribution is -0.137. The first-order valence-corrected chi connectivity index (χ1v) is 10.0. The van der Waals surface area contributed by atoms with Gasteiger partial charge in [0.25, 0.3) is 0 Å². The van der Waals surface area contributed by atoms with Gasteiger partial charge in [-0.05, 0) is 48.1 Å². The topological polar surface area (TPSA) is 63.0 Å². The summed E-state index contributed by atoms with van der Waals surface area (Å²) in [6.45, 7) is 0. The molecule has 130 valence electrons. The molecule has 0 N–H and O–H groups in total. The minimum Gasteiger partial charge on any atom is -0.386 e. The number of fused-ring (bicyclic) bond motifs is 1. The van der Waals surface area contributed by atoms with Crippen LogP contribution in [0.15, 0.2) is 47.5 Å². The SMILES string of the molecule is N#Cc1ccc(-c2c(SOC(=O)C3CCCC3)ccc3cnsc23)cc1. The van der Waals surface area contributed by atoms with Crippen LogP contribution in [-0.4, -0.2) is 10.3 Å². The number of carbonyl (C=O) groups excluding carboxylic acids is 1. The van der Waals surface area contributed by atoms with E-state index in [0.29, 0.717) is 5.56 Å². The maximum Gasteiger partial charge on any atom is 0.321 e. The number of benzene rings is 2. The van der Waals surface area contributed by atoms with Gasteiger partial charge in [0.05, 0.1) is 39.2 Å². The zero-order valence-electron chi connectivity index (χ0n) is 14.0. The number of nitriles is 1. The Morgan fingerprint density at radius 2 is 1.96 bits per heavy atom. The maximum atomic E-state index is 12.3. The zero-order chi connectivity index (χ0) is 17.9. The van der Waals surface area contributed by atoms with Crippen LogP contribution in [0.2, 0.25) is 0 Å². The molecule has 0 aliphatic heterocycles. The van der Waals surface area contributed by atoms with Gasteiger partial charge in [-0.2, -0.15) is 9.64 Å². The van der Waals surface area contributed by atoms with Crippen molar-refractivity contribution < 1.29 is 8.98 Å². The summed E-state index contributed by atoms with van der Waals surface area (Å²) in [5.41, 5.74) is 2.60. The van der Waals surface area contributed by atoms with E-state index in [-0.39, 0.29) is 11.9 Å². The van der Waals surface area contributed by atoms with E-state index in [2.05, 4.69) is 10.4 Å². The zero-order valence-corrected chi connectivity index (χ0v) is 15.6. The lowest BCUT2D eigenvalue weighted by Crippen LogP contribution is -2.11. The number of nitrogens with zero attached hydrogens (tertiary/aromatic N) is 2. The largest absolute Gasteiger partial charge is 0.386 e. The molecule has 2 aromatic carbocycles. The van der Waals surface area contributed by atoms with Crippen LogP contribution < -0.4 is 0 Å². The van der Waals surface area contributed by atoms with E-state index in [4.69, 9.17) is 9.44 Å². The molecule has 1 fully saturated rings. The second-order valence-corrected chi connectivity index (χ2v) is 7.91. The van der Waals surface area contributed by atoms with Gasteiger partial charge in [-0.15, -0.1) is 0 Å². The van der Waals surface area contributed by atoms with Crippen molar-refractivity contribution in [3.8, 4) is 17.2 Å². The van der Waals surface area contributed by atoms with Gasteiger partial charge in [-0.25, -0.2) is 0 Å². The van der Waals surface area contributed by atoms with Crippen molar-refractivity contribution in [3.05, 3.63) is 48.2 Å². The molecule has 4 rings (SSSR count). The van der Waals surface area contributed by atoms with Crippen molar-refractivity contribution in [2.45, 2.75) is 30.6 Å².